The molecule has 7 heteroatoms. The normalized spacial score (nSPS) is 9.95. The molecule has 0 saturated carbocycles. The third-order valence-corrected chi connectivity index (χ3v) is 4.71. The summed E-state index contributed by atoms with van der Waals surface area (Å²) in [5.41, 5.74) is 2.38. The van der Waals surface area contributed by atoms with Crippen molar-refractivity contribution >= 4 is 58.0 Å². The van der Waals surface area contributed by atoms with Crippen molar-refractivity contribution in [2.24, 2.45) is 0 Å². The molecule has 1 heterocycles. The fourth-order valence-electron chi connectivity index (χ4n) is 1.16. The number of halogens is 5. The summed E-state index contributed by atoms with van der Waals surface area (Å²) < 4.78 is 0. The molecule has 0 aliphatic rings. The lowest BCUT2D eigenvalue weighted by atomic mass is 10.2. The summed E-state index contributed by atoms with van der Waals surface area (Å²) in [4.78, 5) is 4.08. The number of pyridine rings is 1. The summed E-state index contributed by atoms with van der Waals surface area (Å²) in [7, 11) is 0. The highest BCUT2D eigenvalue weighted by Crippen LogP contribution is 2.47. The zero-order valence-corrected chi connectivity index (χ0v) is 14.3. The summed E-state index contributed by atoms with van der Waals surface area (Å²) >= 11 is 27.9. The second kappa shape index (κ2) is 7.58. The van der Waals surface area contributed by atoms with Gasteiger partial charge in [-0.05, 0) is 25.5 Å². The van der Waals surface area contributed by atoms with E-state index in [0.717, 1.165) is 5.69 Å². The lowest BCUT2D eigenvalue weighted by molar-refractivity contribution is 0.476. The van der Waals surface area contributed by atoms with E-state index in [-0.39, 0.29) is 30.9 Å². The Hall–Kier alpha value is -0.380. The molecular formula is C13H10Cl5NO. The van der Waals surface area contributed by atoms with Crippen molar-refractivity contribution in [3.8, 4) is 5.75 Å². The quantitative estimate of drug-likeness (QED) is 0.431. The van der Waals surface area contributed by atoms with Crippen LogP contribution in [0.1, 0.15) is 11.3 Å². The number of benzene rings is 1. The van der Waals surface area contributed by atoms with Crippen molar-refractivity contribution < 1.29 is 5.11 Å². The van der Waals surface area contributed by atoms with Gasteiger partial charge in [0.2, 0.25) is 0 Å². The van der Waals surface area contributed by atoms with Gasteiger partial charge in [-0.2, -0.15) is 0 Å². The van der Waals surface area contributed by atoms with E-state index in [9.17, 15) is 5.11 Å². The first-order valence-corrected chi connectivity index (χ1v) is 7.25. The summed E-state index contributed by atoms with van der Waals surface area (Å²) in [6.45, 7) is 4.07. The minimum Gasteiger partial charge on any atom is -0.505 e. The molecule has 2 rings (SSSR count). The number of hydrogen-bond acceptors (Lipinski definition) is 2. The molecule has 0 radical (unpaired) electrons. The fourth-order valence-corrected chi connectivity index (χ4v) is 2.29. The van der Waals surface area contributed by atoms with Crippen molar-refractivity contribution in [3.63, 3.8) is 0 Å². The van der Waals surface area contributed by atoms with Gasteiger partial charge in [-0.3, -0.25) is 4.98 Å². The molecule has 0 atom stereocenters. The monoisotopic (exact) mass is 371 g/mol. The summed E-state index contributed by atoms with van der Waals surface area (Å²) in [5.74, 6) is -0.363. The maximum atomic E-state index is 9.20. The topological polar surface area (TPSA) is 33.1 Å². The third kappa shape index (κ3) is 4.06. The highest BCUT2D eigenvalue weighted by molar-refractivity contribution is 6.55. The predicted octanol–water partition coefficient (Wildman–Crippen LogP) is 6.36. The third-order valence-electron chi connectivity index (χ3n) is 2.46. The second-order valence-corrected chi connectivity index (χ2v) is 5.71. The molecule has 20 heavy (non-hydrogen) atoms. The molecule has 0 fully saturated rings. The SMILES string of the molecule is Cc1cccnc1C.Oc1c(Cl)c(Cl)c(Cl)c(Cl)c1Cl. The molecule has 1 aromatic heterocycles. The van der Waals surface area contributed by atoms with Gasteiger partial charge in [0.05, 0.1) is 15.1 Å². The average molecular weight is 373 g/mol. The van der Waals surface area contributed by atoms with Crippen LogP contribution in [0.25, 0.3) is 0 Å². The van der Waals surface area contributed by atoms with Crippen molar-refractivity contribution in [3.05, 3.63) is 54.7 Å². The number of hydrogen-bond donors (Lipinski definition) is 1. The first-order valence-electron chi connectivity index (χ1n) is 5.36. The molecule has 2 aromatic rings. The molecule has 1 aromatic carbocycles. The zero-order valence-electron chi connectivity index (χ0n) is 10.5. The first kappa shape index (κ1) is 17.7. The summed E-state index contributed by atoms with van der Waals surface area (Å²) in [5, 5.41) is 9.01. The van der Waals surface area contributed by atoms with Gasteiger partial charge in [0.25, 0.3) is 0 Å². The number of aryl methyl sites for hydroxylation is 2. The highest BCUT2D eigenvalue weighted by atomic mass is 35.5. The maximum absolute atomic E-state index is 9.20. The van der Waals surface area contributed by atoms with Crippen LogP contribution < -0.4 is 0 Å². The van der Waals surface area contributed by atoms with E-state index in [4.69, 9.17) is 58.0 Å². The van der Waals surface area contributed by atoms with Crippen LogP contribution in [0, 0.1) is 13.8 Å². The van der Waals surface area contributed by atoms with Crippen LogP contribution in [-0.4, -0.2) is 10.1 Å². The van der Waals surface area contributed by atoms with E-state index in [1.807, 2.05) is 19.2 Å². The maximum Gasteiger partial charge on any atom is 0.155 e. The van der Waals surface area contributed by atoms with Crippen LogP contribution in [0.3, 0.4) is 0 Å². The van der Waals surface area contributed by atoms with Gasteiger partial charge in [-0.1, -0.05) is 64.1 Å². The van der Waals surface area contributed by atoms with Gasteiger partial charge < -0.3 is 5.11 Å². The molecule has 108 valence electrons. The van der Waals surface area contributed by atoms with Gasteiger partial charge in [0.15, 0.2) is 5.75 Å². The van der Waals surface area contributed by atoms with Crippen LogP contribution in [0.5, 0.6) is 5.75 Å². The number of phenols is 1. The van der Waals surface area contributed by atoms with Crippen LogP contribution in [0.15, 0.2) is 18.3 Å². The largest absolute Gasteiger partial charge is 0.505 e. The summed E-state index contributed by atoms with van der Waals surface area (Å²) in [6.07, 6.45) is 1.81. The highest BCUT2D eigenvalue weighted by Gasteiger charge is 2.18. The Kier molecular flexibility index (Phi) is 6.70. The average Bonchev–Trinajstić information content (AvgIpc) is 2.45. The Labute approximate surface area is 142 Å². The van der Waals surface area contributed by atoms with Crippen LogP contribution in [0.4, 0.5) is 0 Å². The van der Waals surface area contributed by atoms with Gasteiger partial charge in [0, 0.05) is 11.9 Å². The predicted molar refractivity (Wildman–Crippen MR) is 86.9 cm³/mol. The Bertz CT molecular complexity index is 504. The molecule has 0 saturated heterocycles. The van der Waals surface area contributed by atoms with Gasteiger partial charge in [-0.25, -0.2) is 0 Å². The van der Waals surface area contributed by atoms with Crippen molar-refractivity contribution in [2.45, 2.75) is 13.8 Å². The molecule has 0 spiro atoms. The van der Waals surface area contributed by atoms with E-state index in [2.05, 4.69) is 18.0 Å². The molecular weight excluding hydrogens is 363 g/mol. The standard InChI is InChI=1S/C7H9N.C6HCl5O/c1-6-4-3-5-8-7(6)2;7-1-2(8)4(10)6(12)5(11)3(1)9/h3-5H,1-2H3;12H. The lowest BCUT2D eigenvalue weighted by Crippen LogP contribution is -1.81. The van der Waals surface area contributed by atoms with Crippen LogP contribution in [-0.2, 0) is 0 Å². The number of aromatic hydroxyl groups is 1. The van der Waals surface area contributed by atoms with Crippen LogP contribution >= 0.6 is 58.0 Å². The van der Waals surface area contributed by atoms with E-state index in [1.54, 1.807) is 0 Å². The van der Waals surface area contributed by atoms with Gasteiger partial charge in [-0.15, -0.1) is 0 Å². The minimum absolute atomic E-state index is 0.00904. The Morgan fingerprint density at radius 1 is 0.850 bits per heavy atom. The molecule has 0 aliphatic heterocycles. The molecule has 1 N–H and O–H groups in total. The van der Waals surface area contributed by atoms with E-state index in [0.29, 0.717) is 0 Å². The lowest BCUT2D eigenvalue weighted by Gasteiger charge is -2.06. The fraction of sp³-hybridized carbons (Fsp3) is 0.154. The minimum atomic E-state index is -0.363. The zero-order chi connectivity index (χ0) is 15.4. The number of rotatable bonds is 0. The van der Waals surface area contributed by atoms with E-state index >= 15 is 0 Å². The second-order valence-electron chi connectivity index (χ2n) is 3.82. The smallest absolute Gasteiger partial charge is 0.155 e. The Morgan fingerprint density at radius 3 is 1.65 bits per heavy atom. The molecule has 0 unspecified atom stereocenters. The Morgan fingerprint density at radius 2 is 1.30 bits per heavy atom. The van der Waals surface area contributed by atoms with Gasteiger partial charge in [0.1, 0.15) is 10.0 Å². The van der Waals surface area contributed by atoms with Crippen molar-refractivity contribution in [1.29, 1.82) is 0 Å². The number of nitrogens with zero attached hydrogens (tertiary/aromatic N) is 1. The number of aromatic nitrogens is 1. The van der Waals surface area contributed by atoms with Crippen LogP contribution in [0.2, 0.25) is 25.1 Å². The van der Waals surface area contributed by atoms with E-state index in [1.165, 1.54) is 5.56 Å². The molecule has 2 nitrogen and oxygen atoms in total. The van der Waals surface area contributed by atoms with E-state index < -0.39 is 0 Å². The summed E-state index contributed by atoms with van der Waals surface area (Å²) in [6, 6.07) is 4.00. The van der Waals surface area contributed by atoms with Crippen molar-refractivity contribution in [1.82, 2.24) is 4.98 Å². The molecule has 0 amide bonds. The number of phenolic OH excluding ortho intramolecular Hbond substituents is 1. The molecule has 0 bridgehead atoms. The molecule has 0 aliphatic carbocycles. The first-order chi connectivity index (χ1) is 9.27. The van der Waals surface area contributed by atoms with Crippen molar-refractivity contribution in [2.75, 3.05) is 0 Å². The van der Waals surface area contributed by atoms with Gasteiger partial charge >= 0.3 is 0 Å². The Balaban J connectivity index is 0.000000217.